The van der Waals surface area contributed by atoms with Crippen molar-refractivity contribution in [3.05, 3.63) is 108 Å². The van der Waals surface area contributed by atoms with Gasteiger partial charge in [0.2, 0.25) is 0 Å². The molecule has 2 aromatic heterocycles. The van der Waals surface area contributed by atoms with Crippen LogP contribution in [0, 0.1) is 0 Å². The van der Waals surface area contributed by atoms with Crippen LogP contribution in [0.2, 0.25) is 0 Å². The summed E-state index contributed by atoms with van der Waals surface area (Å²) in [5, 5.41) is 0. The summed E-state index contributed by atoms with van der Waals surface area (Å²) < 4.78 is 0. The summed E-state index contributed by atoms with van der Waals surface area (Å²) in [5.41, 5.74) is 7.55. The number of aliphatic imine (C=N–C) groups is 1. The molecule has 136 valence electrons. The van der Waals surface area contributed by atoms with Crippen LogP contribution in [0.4, 0.5) is 0 Å². The maximum absolute atomic E-state index is 4.75. The highest BCUT2D eigenvalue weighted by atomic mass is 14.7. The molecule has 3 heteroatoms. The standard InChI is InChI=1S/C25H21N3/c1-19(21-12-14-23(15-13-21)25-7-3-5-17-27-25)28-18-20-8-10-22(11-9-20)24-6-2-4-16-26-24/h2-17H,18H2,1H3. The Morgan fingerprint density at radius 1 is 0.679 bits per heavy atom. The van der Waals surface area contributed by atoms with E-state index in [1.54, 1.807) is 0 Å². The molecule has 0 unspecified atom stereocenters. The molecule has 0 N–H and O–H groups in total. The maximum Gasteiger partial charge on any atom is 0.0701 e. The molecule has 28 heavy (non-hydrogen) atoms. The molecule has 0 amide bonds. The summed E-state index contributed by atoms with van der Waals surface area (Å²) in [5.74, 6) is 0. The smallest absolute Gasteiger partial charge is 0.0701 e. The fourth-order valence-electron chi connectivity index (χ4n) is 3.03. The molecule has 4 rings (SSSR count). The Hall–Kier alpha value is -3.59. The SMILES string of the molecule is CC(=NCc1ccc(-c2ccccn2)cc1)c1ccc(-c2ccccn2)cc1. The van der Waals surface area contributed by atoms with Crippen molar-refractivity contribution in [2.75, 3.05) is 0 Å². The van der Waals surface area contributed by atoms with Crippen LogP contribution >= 0.6 is 0 Å². The number of benzene rings is 2. The molecular formula is C25H21N3. The van der Waals surface area contributed by atoms with Gasteiger partial charge < -0.3 is 0 Å². The van der Waals surface area contributed by atoms with Gasteiger partial charge in [-0.1, -0.05) is 60.7 Å². The predicted octanol–water partition coefficient (Wildman–Crippen LogP) is 5.82. The second-order valence-corrected chi connectivity index (χ2v) is 6.61. The Balaban J connectivity index is 1.44. The predicted molar refractivity (Wildman–Crippen MR) is 115 cm³/mol. The molecular weight excluding hydrogens is 342 g/mol. The van der Waals surface area contributed by atoms with Gasteiger partial charge in [-0.15, -0.1) is 0 Å². The van der Waals surface area contributed by atoms with Crippen LogP contribution in [-0.4, -0.2) is 15.7 Å². The zero-order chi connectivity index (χ0) is 19.2. The molecule has 2 aromatic carbocycles. The van der Waals surface area contributed by atoms with Crippen molar-refractivity contribution >= 4 is 5.71 Å². The summed E-state index contributed by atoms with van der Waals surface area (Å²) in [6.07, 6.45) is 3.63. The van der Waals surface area contributed by atoms with Crippen LogP contribution in [0.25, 0.3) is 22.5 Å². The van der Waals surface area contributed by atoms with E-state index in [0.29, 0.717) is 6.54 Å². The van der Waals surface area contributed by atoms with Crippen molar-refractivity contribution in [1.29, 1.82) is 0 Å². The van der Waals surface area contributed by atoms with Crippen molar-refractivity contribution in [2.45, 2.75) is 13.5 Å². The minimum absolute atomic E-state index is 0.663. The van der Waals surface area contributed by atoms with Crippen LogP contribution in [-0.2, 0) is 6.54 Å². The molecule has 4 aromatic rings. The molecule has 0 spiro atoms. The van der Waals surface area contributed by atoms with Gasteiger partial charge >= 0.3 is 0 Å². The van der Waals surface area contributed by atoms with E-state index in [4.69, 9.17) is 4.99 Å². The molecule has 0 aliphatic carbocycles. The van der Waals surface area contributed by atoms with Gasteiger partial charge in [-0.05, 0) is 42.3 Å². The topological polar surface area (TPSA) is 38.1 Å². The van der Waals surface area contributed by atoms with Crippen LogP contribution in [0.3, 0.4) is 0 Å². The van der Waals surface area contributed by atoms with Crippen molar-refractivity contribution in [3.63, 3.8) is 0 Å². The number of hydrogen-bond donors (Lipinski definition) is 0. The Kier molecular flexibility index (Phi) is 5.34. The van der Waals surface area contributed by atoms with E-state index in [-0.39, 0.29) is 0 Å². The number of pyridine rings is 2. The Morgan fingerprint density at radius 2 is 1.21 bits per heavy atom. The Bertz CT molecular complexity index is 1050. The molecule has 0 fully saturated rings. The lowest BCUT2D eigenvalue weighted by atomic mass is 10.1. The minimum atomic E-state index is 0.663. The normalized spacial score (nSPS) is 11.4. The highest BCUT2D eigenvalue weighted by Gasteiger charge is 2.02. The van der Waals surface area contributed by atoms with Gasteiger partial charge in [0.15, 0.2) is 0 Å². The molecule has 0 radical (unpaired) electrons. The third-order valence-electron chi connectivity index (χ3n) is 4.68. The quantitative estimate of drug-likeness (QED) is 0.419. The number of hydrogen-bond acceptors (Lipinski definition) is 3. The molecule has 0 aliphatic rings. The third-order valence-corrected chi connectivity index (χ3v) is 4.68. The van der Waals surface area contributed by atoms with Crippen LogP contribution in [0.5, 0.6) is 0 Å². The molecule has 0 saturated heterocycles. The van der Waals surface area contributed by atoms with Crippen LogP contribution in [0.1, 0.15) is 18.1 Å². The Morgan fingerprint density at radius 3 is 1.71 bits per heavy atom. The van der Waals surface area contributed by atoms with E-state index in [0.717, 1.165) is 33.8 Å². The monoisotopic (exact) mass is 363 g/mol. The van der Waals surface area contributed by atoms with Gasteiger partial charge in [-0.3, -0.25) is 15.0 Å². The summed E-state index contributed by atoms with van der Waals surface area (Å²) >= 11 is 0. The number of rotatable bonds is 5. The third kappa shape index (κ3) is 4.21. The van der Waals surface area contributed by atoms with Gasteiger partial charge in [-0.25, -0.2) is 0 Å². The first kappa shape index (κ1) is 17.8. The first-order valence-corrected chi connectivity index (χ1v) is 9.33. The highest BCUT2D eigenvalue weighted by molar-refractivity contribution is 5.99. The summed E-state index contributed by atoms with van der Waals surface area (Å²) in [4.78, 5) is 13.5. The molecule has 0 atom stereocenters. The molecule has 0 aliphatic heterocycles. The van der Waals surface area contributed by atoms with Gasteiger partial charge in [0.05, 0.1) is 17.9 Å². The van der Waals surface area contributed by atoms with E-state index in [9.17, 15) is 0 Å². The summed E-state index contributed by atoms with van der Waals surface area (Å²) in [7, 11) is 0. The number of aromatic nitrogens is 2. The minimum Gasteiger partial charge on any atom is -0.285 e. The van der Waals surface area contributed by atoms with Crippen molar-refractivity contribution in [3.8, 4) is 22.5 Å². The van der Waals surface area contributed by atoms with Crippen molar-refractivity contribution < 1.29 is 0 Å². The lowest BCUT2D eigenvalue weighted by Gasteiger charge is -2.05. The fourth-order valence-corrected chi connectivity index (χ4v) is 3.03. The van der Waals surface area contributed by atoms with Crippen molar-refractivity contribution in [2.24, 2.45) is 4.99 Å². The van der Waals surface area contributed by atoms with E-state index >= 15 is 0 Å². The first-order chi connectivity index (χ1) is 13.8. The summed E-state index contributed by atoms with van der Waals surface area (Å²) in [6, 6.07) is 28.7. The molecule has 0 saturated carbocycles. The lowest BCUT2D eigenvalue weighted by molar-refractivity contribution is 1.06. The Labute approximate surface area is 165 Å². The van der Waals surface area contributed by atoms with Crippen LogP contribution in [0.15, 0.2) is 102 Å². The van der Waals surface area contributed by atoms with Gasteiger partial charge in [0, 0.05) is 29.2 Å². The second-order valence-electron chi connectivity index (χ2n) is 6.61. The molecule has 0 bridgehead atoms. The lowest BCUT2D eigenvalue weighted by Crippen LogP contribution is -1.96. The van der Waals surface area contributed by atoms with Gasteiger partial charge in [-0.2, -0.15) is 0 Å². The van der Waals surface area contributed by atoms with E-state index in [2.05, 4.69) is 65.4 Å². The van der Waals surface area contributed by atoms with Crippen LogP contribution < -0.4 is 0 Å². The van der Waals surface area contributed by atoms with Gasteiger partial charge in [0.1, 0.15) is 0 Å². The van der Waals surface area contributed by atoms with Gasteiger partial charge in [0.25, 0.3) is 0 Å². The number of nitrogens with zero attached hydrogens (tertiary/aromatic N) is 3. The maximum atomic E-state index is 4.75. The zero-order valence-corrected chi connectivity index (χ0v) is 15.8. The van der Waals surface area contributed by atoms with E-state index in [1.807, 2.05) is 48.8 Å². The van der Waals surface area contributed by atoms with Crippen molar-refractivity contribution in [1.82, 2.24) is 9.97 Å². The largest absolute Gasteiger partial charge is 0.285 e. The van der Waals surface area contributed by atoms with E-state index < -0.39 is 0 Å². The van der Waals surface area contributed by atoms with E-state index in [1.165, 1.54) is 5.56 Å². The molecule has 3 nitrogen and oxygen atoms in total. The zero-order valence-electron chi connectivity index (χ0n) is 15.8. The highest BCUT2D eigenvalue weighted by Crippen LogP contribution is 2.19. The summed E-state index contributed by atoms with van der Waals surface area (Å²) in [6.45, 7) is 2.72. The molecule has 2 heterocycles. The fraction of sp³-hybridized carbons (Fsp3) is 0.0800. The first-order valence-electron chi connectivity index (χ1n) is 9.33. The second kappa shape index (κ2) is 8.40. The average molecular weight is 363 g/mol. The average Bonchev–Trinajstić information content (AvgIpc) is 2.79.